The first kappa shape index (κ1) is 15.0. The van der Waals surface area contributed by atoms with E-state index in [2.05, 4.69) is 20.7 Å². The quantitative estimate of drug-likeness (QED) is 0.637. The van der Waals surface area contributed by atoms with E-state index in [1.807, 2.05) is 0 Å². The fraction of sp³-hybridized carbons (Fsp3) is 0.167. The summed E-state index contributed by atoms with van der Waals surface area (Å²) in [5.74, 6) is -0.422. The van der Waals surface area contributed by atoms with Gasteiger partial charge in [0, 0.05) is 11.9 Å². The summed E-state index contributed by atoms with van der Waals surface area (Å²) in [6.07, 6.45) is 4.34. The lowest BCUT2D eigenvalue weighted by atomic mass is 10.3. The van der Waals surface area contributed by atoms with E-state index < -0.39 is 5.97 Å². The van der Waals surface area contributed by atoms with E-state index in [0.29, 0.717) is 5.70 Å². The van der Waals surface area contributed by atoms with Crippen molar-refractivity contribution in [1.82, 2.24) is 4.57 Å². The van der Waals surface area contributed by atoms with Gasteiger partial charge in [0.05, 0.1) is 17.1 Å². The molecule has 6 nitrogen and oxygen atoms in total. The van der Waals surface area contributed by atoms with Crippen LogP contribution in [-0.4, -0.2) is 17.6 Å². The van der Waals surface area contributed by atoms with E-state index in [1.54, 1.807) is 13.0 Å². The number of rotatable bonds is 3. The summed E-state index contributed by atoms with van der Waals surface area (Å²) < 4.78 is 5.94. The van der Waals surface area contributed by atoms with Gasteiger partial charge >= 0.3 is 5.97 Å². The summed E-state index contributed by atoms with van der Waals surface area (Å²) in [6, 6.07) is 1.38. The van der Waals surface area contributed by atoms with Crippen LogP contribution in [0.25, 0.3) is 5.82 Å². The van der Waals surface area contributed by atoms with Gasteiger partial charge in [-0.3, -0.25) is 9.36 Å². The van der Waals surface area contributed by atoms with Gasteiger partial charge in [0.1, 0.15) is 5.82 Å². The molecular formula is C12H14BrN3O3. The lowest BCUT2D eigenvalue weighted by Crippen LogP contribution is -2.24. The van der Waals surface area contributed by atoms with Crippen molar-refractivity contribution in [3.63, 3.8) is 0 Å². The topological polar surface area (TPSA) is 100 Å². The molecule has 0 unspecified atom stereocenters. The van der Waals surface area contributed by atoms with Gasteiger partial charge in [-0.25, -0.2) is 4.79 Å². The van der Waals surface area contributed by atoms with Crippen LogP contribution in [-0.2, 0) is 4.74 Å². The molecule has 0 atom stereocenters. The zero-order valence-electron chi connectivity index (χ0n) is 10.5. The van der Waals surface area contributed by atoms with Crippen molar-refractivity contribution in [2.45, 2.75) is 6.92 Å². The number of esters is 1. The van der Waals surface area contributed by atoms with Crippen LogP contribution in [0, 0.1) is 0 Å². The minimum atomic E-state index is -0.562. The second-order valence-electron chi connectivity index (χ2n) is 3.75. The normalized spacial score (nSPS) is 12.4. The average molecular weight is 328 g/mol. The maximum Gasteiger partial charge on any atom is 0.339 e. The van der Waals surface area contributed by atoms with Gasteiger partial charge in [-0.1, -0.05) is 0 Å². The van der Waals surface area contributed by atoms with Crippen LogP contribution in [0.15, 0.2) is 39.4 Å². The van der Waals surface area contributed by atoms with Crippen molar-refractivity contribution in [1.29, 1.82) is 0 Å². The maximum absolute atomic E-state index is 11.9. The largest absolute Gasteiger partial charge is 0.465 e. The smallest absolute Gasteiger partial charge is 0.339 e. The van der Waals surface area contributed by atoms with Crippen molar-refractivity contribution >= 4 is 27.7 Å². The Balaban J connectivity index is 3.39. The van der Waals surface area contributed by atoms with E-state index in [1.165, 1.54) is 25.4 Å². The van der Waals surface area contributed by atoms with Gasteiger partial charge < -0.3 is 16.2 Å². The average Bonchev–Trinajstić information content (AvgIpc) is 2.37. The molecule has 0 aromatic carbocycles. The summed E-state index contributed by atoms with van der Waals surface area (Å²) in [6.45, 7) is 1.69. The second-order valence-corrected chi connectivity index (χ2v) is 4.60. The molecule has 1 rings (SSSR count). The number of halogens is 1. The Morgan fingerprint density at radius 3 is 2.58 bits per heavy atom. The highest BCUT2D eigenvalue weighted by molar-refractivity contribution is 9.10. The molecule has 102 valence electrons. The third-order valence-electron chi connectivity index (χ3n) is 2.19. The first-order valence-electron chi connectivity index (χ1n) is 5.27. The predicted octanol–water partition coefficient (Wildman–Crippen LogP) is 1.02. The number of hydrogen-bond donors (Lipinski definition) is 2. The number of pyridine rings is 1. The second kappa shape index (κ2) is 6.24. The van der Waals surface area contributed by atoms with Crippen molar-refractivity contribution in [3.8, 4) is 0 Å². The number of ether oxygens (including phenoxy) is 1. The van der Waals surface area contributed by atoms with E-state index in [-0.39, 0.29) is 21.4 Å². The fourth-order valence-corrected chi connectivity index (χ4v) is 1.70. The summed E-state index contributed by atoms with van der Waals surface area (Å²) in [5, 5.41) is 0. The number of methoxy groups -OCH3 is 1. The summed E-state index contributed by atoms with van der Waals surface area (Å²) >= 11 is 3.08. The van der Waals surface area contributed by atoms with Crippen LogP contribution >= 0.6 is 15.9 Å². The minimum Gasteiger partial charge on any atom is -0.465 e. The molecule has 0 aliphatic heterocycles. The third-order valence-corrected chi connectivity index (χ3v) is 2.76. The van der Waals surface area contributed by atoms with Crippen molar-refractivity contribution < 1.29 is 9.53 Å². The Morgan fingerprint density at radius 2 is 2.05 bits per heavy atom. The molecule has 1 aromatic heterocycles. The highest BCUT2D eigenvalue weighted by Crippen LogP contribution is 2.10. The molecule has 0 fully saturated rings. The molecule has 1 heterocycles. The molecule has 0 aliphatic carbocycles. The van der Waals surface area contributed by atoms with Crippen molar-refractivity contribution in [3.05, 3.63) is 50.5 Å². The number of nitrogens with zero attached hydrogens (tertiary/aromatic N) is 1. The van der Waals surface area contributed by atoms with Gasteiger partial charge in [0.25, 0.3) is 5.56 Å². The molecule has 0 radical (unpaired) electrons. The lowest BCUT2D eigenvalue weighted by Gasteiger charge is -2.08. The van der Waals surface area contributed by atoms with Gasteiger partial charge in [0.15, 0.2) is 0 Å². The Labute approximate surface area is 118 Å². The molecule has 0 aliphatic rings. The Hall–Kier alpha value is -2.02. The fourth-order valence-electron chi connectivity index (χ4n) is 1.27. The van der Waals surface area contributed by atoms with Gasteiger partial charge in [-0.2, -0.15) is 0 Å². The Bertz CT molecular complexity index is 613. The Morgan fingerprint density at radius 1 is 1.42 bits per heavy atom. The molecule has 7 heteroatoms. The minimum absolute atomic E-state index is 0.140. The summed E-state index contributed by atoms with van der Waals surface area (Å²) in [4.78, 5) is 23.4. The van der Waals surface area contributed by atoms with Crippen LogP contribution in [0.1, 0.15) is 17.3 Å². The summed E-state index contributed by atoms with van der Waals surface area (Å²) in [7, 11) is 1.26. The monoisotopic (exact) mass is 327 g/mol. The molecule has 0 amide bonds. The number of hydrogen-bond acceptors (Lipinski definition) is 5. The van der Waals surface area contributed by atoms with Crippen molar-refractivity contribution in [2.75, 3.05) is 7.11 Å². The highest BCUT2D eigenvalue weighted by atomic mass is 79.9. The van der Waals surface area contributed by atoms with Crippen LogP contribution in [0.3, 0.4) is 0 Å². The molecular weight excluding hydrogens is 314 g/mol. The van der Waals surface area contributed by atoms with Crippen LogP contribution in [0.5, 0.6) is 0 Å². The standard InChI is InChI=1S/C12H14BrN3O3/c1-7(14)3-4-10(15)16-6-8(12(18)19-2)5-9(13)11(16)17/h3-6H,14-15H2,1-2H3/b7-3-,10-4+. The zero-order valence-corrected chi connectivity index (χ0v) is 12.1. The van der Waals surface area contributed by atoms with Gasteiger partial charge in [-0.05, 0) is 41.1 Å². The zero-order chi connectivity index (χ0) is 14.6. The first-order valence-corrected chi connectivity index (χ1v) is 6.06. The van der Waals surface area contributed by atoms with Crippen molar-refractivity contribution in [2.24, 2.45) is 11.5 Å². The molecule has 0 saturated carbocycles. The van der Waals surface area contributed by atoms with Gasteiger partial charge in [-0.15, -0.1) is 0 Å². The molecule has 0 saturated heterocycles. The number of aromatic nitrogens is 1. The molecule has 19 heavy (non-hydrogen) atoms. The number of nitrogens with two attached hydrogens (primary N) is 2. The van der Waals surface area contributed by atoms with E-state index in [9.17, 15) is 9.59 Å². The van der Waals surface area contributed by atoms with Crippen LogP contribution in [0.4, 0.5) is 0 Å². The number of allylic oxidation sites excluding steroid dienone is 3. The molecule has 0 spiro atoms. The predicted molar refractivity (Wildman–Crippen MR) is 76.1 cm³/mol. The highest BCUT2D eigenvalue weighted by Gasteiger charge is 2.12. The maximum atomic E-state index is 11.9. The third kappa shape index (κ3) is 3.72. The number of carbonyl (C=O) groups is 1. The Kier molecular flexibility index (Phi) is 4.94. The van der Waals surface area contributed by atoms with Gasteiger partial charge in [0.2, 0.25) is 0 Å². The van der Waals surface area contributed by atoms with Crippen LogP contribution < -0.4 is 17.0 Å². The van der Waals surface area contributed by atoms with E-state index in [0.717, 1.165) is 4.57 Å². The van der Waals surface area contributed by atoms with E-state index >= 15 is 0 Å². The lowest BCUT2D eigenvalue weighted by molar-refractivity contribution is 0.0600. The molecule has 0 bridgehead atoms. The van der Waals surface area contributed by atoms with Crippen LogP contribution in [0.2, 0.25) is 0 Å². The SMILES string of the molecule is COC(=O)c1cc(Br)c(=O)n(/C(N)=C/C=C(/C)N)c1. The van der Waals surface area contributed by atoms with E-state index in [4.69, 9.17) is 11.5 Å². The molecule has 4 N–H and O–H groups in total. The number of carbonyl (C=O) groups excluding carboxylic acids is 1. The molecule has 1 aromatic rings. The first-order chi connectivity index (χ1) is 8.86. The summed E-state index contributed by atoms with van der Waals surface area (Å²) in [5.41, 5.74) is 11.6.